The molecule has 1 saturated heterocycles. The first kappa shape index (κ1) is 24.3. The normalized spacial score (nSPS) is 18.1. The summed E-state index contributed by atoms with van der Waals surface area (Å²) in [6, 6.07) is -1.11. The number of nitrogens with zero attached hydrogens (tertiary/aromatic N) is 3. The van der Waals surface area contributed by atoms with Crippen molar-refractivity contribution in [2.45, 2.75) is 18.9 Å². The van der Waals surface area contributed by atoms with E-state index in [2.05, 4.69) is 0 Å². The van der Waals surface area contributed by atoms with E-state index in [-0.39, 0.29) is 52.1 Å². The first-order chi connectivity index (χ1) is 13.6. The SMILES string of the molecule is O=C(O)CN1CCN(CC(=O)O)CCN(C(CCC(=O)NC(=O)O)C(=O)O)CC1. The molecule has 0 bridgehead atoms. The van der Waals surface area contributed by atoms with E-state index in [1.807, 2.05) is 0 Å². The van der Waals surface area contributed by atoms with Gasteiger partial charge in [-0.15, -0.1) is 0 Å². The first-order valence-electron chi connectivity index (χ1n) is 8.96. The van der Waals surface area contributed by atoms with Crippen LogP contribution in [0, 0.1) is 0 Å². The van der Waals surface area contributed by atoms with E-state index in [0.717, 1.165) is 0 Å². The molecule has 1 rings (SSSR count). The second-order valence-electron chi connectivity index (χ2n) is 6.62. The van der Waals surface area contributed by atoms with Crippen LogP contribution in [0.15, 0.2) is 0 Å². The molecule has 29 heavy (non-hydrogen) atoms. The molecule has 13 heteroatoms. The van der Waals surface area contributed by atoms with E-state index in [9.17, 15) is 29.1 Å². The third-order valence-electron chi connectivity index (χ3n) is 4.47. The number of hydrogen-bond acceptors (Lipinski definition) is 8. The van der Waals surface area contributed by atoms with E-state index in [4.69, 9.17) is 15.3 Å². The number of carboxylic acid groups (broad SMARTS) is 4. The zero-order valence-corrected chi connectivity index (χ0v) is 15.8. The summed E-state index contributed by atoms with van der Waals surface area (Å²) >= 11 is 0. The quantitative estimate of drug-likeness (QED) is 0.280. The Hall–Kier alpha value is -2.77. The van der Waals surface area contributed by atoms with Crippen molar-refractivity contribution in [1.29, 1.82) is 0 Å². The zero-order valence-electron chi connectivity index (χ0n) is 15.8. The summed E-state index contributed by atoms with van der Waals surface area (Å²) in [6.45, 7) is 0.980. The van der Waals surface area contributed by atoms with Crippen molar-refractivity contribution in [3.8, 4) is 0 Å². The number of hydrogen-bond donors (Lipinski definition) is 5. The molecule has 0 saturated carbocycles. The van der Waals surface area contributed by atoms with Gasteiger partial charge in [-0.3, -0.25) is 39.2 Å². The fourth-order valence-corrected chi connectivity index (χ4v) is 3.08. The van der Waals surface area contributed by atoms with Crippen LogP contribution in [-0.2, 0) is 19.2 Å². The van der Waals surface area contributed by atoms with Crippen LogP contribution >= 0.6 is 0 Å². The van der Waals surface area contributed by atoms with E-state index < -0.39 is 36.0 Å². The third kappa shape index (κ3) is 9.82. The van der Waals surface area contributed by atoms with E-state index >= 15 is 0 Å². The van der Waals surface area contributed by atoms with Crippen LogP contribution in [0.4, 0.5) is 4.79 Å². The lowest BCUT2D eigenvalue weighted by molar-refractivity contribution is -0.144. The fraction of sp³-hybridized carbons (Fsp3) is 0.688. The minimum Gasteiger partial charge on any atom is -0.480 e. The molecule has 0 aromatic carbocycles. The van der Waals surface area contributed by atoms with E-state index in [1.54, 1.807) is 20.0 Å². The van der Waals surface area contributed by atoms with Crippen LogP contribution in [-0.4, -0.2) is 123 Å². The largest absolute Gasteiger partial charge is 0.480 e. The highest BCUT2D eigenvalue weighted by Gasteiger charge is 2.28. The number of carbonyl (C=O) groups is 5. The van der Waals surface area contributed by atoms with Crippen LogP contribution in [0.2, 0.25) is 0 Å². The van der Waals surface area contributed by atoms with Gasteiger partial charge in [0, 0.05) is 45.7 Å². The van der Waals surface area contributed by atoms with Crippen LogP contribution in [0.25, 0.3) is 0 Å². The summed E-state index contributed by atoms with van der Waals surface area (Å²) in [5, 5.41) is 37.8. The molecule has 1 atom stereocenters. The third-order valence-corrected chi connectivity index (χ3v) is 4.47. The molecule has 13 nitrogen and oxygen atoms in total. The molecule has 0 aromatic rings. The molecule has 1 aliphatic heterocycles. The molecular weight excluding hydrogens is 392 g/mol. The number of rotatable bonds is 9. The Labute approximate surface area is 166 Å². The predicted octanol–water partition coefficient (Wildman–Crippen LogP) is -1.90. The maximum Gasteiger partial charge on any atom is 0.411 e. The standard InChI is InChI=1S/C16H26N4O9/c21-12(17-16(28)29)2-1-11(15(26)27)20-7-5-18(9-13(22)23)3-4-19(6-8-20)10-14(24)25/h11H,1-10H2,(H,17,21)(H,22,23)(H,24,25)(H,26,27)(H,28,29). The van der Waals surface area contributed by atoms with Crippen molar-refractivity contribution in [3.63, 3.8) is 0 Å². The lowest BCUT2D eigenvalue weighted by Gasteiger charge is -2.30. The molecule has 1 heterocycles. The van der Waals surface area contributed by atoms with Gasteiger partial charge in [0.1, 0.15) is 6.04 Å². The molecular formula is C16H26N4O9. The summed E-state index contributed by atoms with van der Waals surface area (Å²) in [5.41, 5.74) is 0. The highest BCUT2D eigenvalue weighted by Crippen LogP contribution is 2.11. The molecule has 2 amide bonds. The van der Waals surface area contributed by atoms with Gasteiger partial charge >= 0.3 is 24.0 Å². The lowest BCUT2D eigenvalue weighted by Crippen LogP contribution is -2.47. The second kappa shape index (κ2) is 11.9. The van der Waals surface area contributed by atoms with Crippen molar-refractivity contribution in [1.82, 2.24) is 20.0 Å². The lowest BCUT2D eigenvalue weighted by atomic mass is 10.1. The van der Waals surface area contributed by atoms with Crippen molar-refractivity contribution in [2.75, 3.05) is 52.4 Å². The van der Waals surface area contributed by atoms with Gasteiger partial charge in [-0.05, 0) is 6.42 Å². The Bertz CT molecular complexity index is 600. The number of nitrogens with one attached hydrogen (secondary N) is 1. The number of amides is 2. The maximum atomic E-state index is 11.7. The molecule has 164 valence electrons. The van der Waals surface area contributed by atoms with Crippen LogP contribution < -0.4 is 5.32 Å². The molecule has 0 spiro atoms. The molecule has 1 aliphatic rings. The summed E-state index contributed by atoms with van der Waals surface area (Å²) in [6.07, 6.45) is -2.00. The van der Waals surface area contributed by atoms with Crippen molar-refractivity contribution >= 4 is 29.9 Å². The van der Waals surface area contributed by atoms with E-state index in [0.29, 0.717) is 13.1 Å². The Morgan fingerprint density at radius 3 is 1.59 bits per heavy atom. The Morgan fingerprint density at radius 1 is 0.759 bits per heavy atom. The van der Waals surface area contributed by atoms with Gasteiger partial charge in [0.25, 0.3) is 0 Å². The van der Waals surface area contributed by atoms with Gasteiger partial charge in [-0.1, -0.05) is 0 Å². The van der Waals surface area contributed by atoms with Gasteiger partial charge in [0.15, 0.2) is 0 Å². The van der Waals surface area contributed by atoms with Crippen LogP contribution in [0.5, 0.6) is 0 Å². The van der Waals surface area contributed by atoms with Crippen molar-refractivity contribution in [2.24, 2.45) is 0 Å². The molecule has 0 aliphatic carbocycles. The minimum absolute atomic E-state index is 0.147. The summed E-state index contributed by atoms with van der Waals surface area (Å²) in [7, 11) is 0. The Morgan fingerprint density at radius 2 is 1.21 bits per heavy atom. The van der Waals surface area contributed by atoms with Gasteiger partial charge < -0.3 is 20.4 Å². The molecule has 0 radical (unpaired) electrons. The van der Waals surface area contributed by atoms with E-state index in [1.165, 1.54) is 0 Å². The topological polar surface area (TPSA) is 188 Å². The minimum atomic E-state index is -1.53. The van der Waals surface area contributed by atoms with Gasteiger partial charge in [0.2, 0.25) is 5.91 Å². The van der Waals surface area contributed by atoms with Crippen LogP contribution in [0.3, 0.4) is 0 Å². The molecule has 5 N–H and O–H groups in total. The summed E-state index contributed by atoms with van der Waals surface area (Å²) in [4.78, 5) is 60.6. The number of imide groups is 1. The highest BCUT2D eigenvalue weighted by atomic mass is 16.4. The Kier molecular flexibility index (Phi) is 9.99. The summed E-state index contributed by atoms with van der Waals surface area (Å²) < 4.78 is 0. The highest BCUT2D eigenvalue weighted by molar-refractivity contribution is 5.91. The Balaban J connectivity index is 2.89. The average Bonchev–Trinajstić information content (AvgIpc) is 2.66. The van der Waals surface area contributed by atoms with Crippen LogP contribution in [0.1, 0.15) is 12.8 Å². The first-order valence-corrected chi connectivity index (χ1v) is 8.96. The number of carboxylic acids is 3. The zero-order chi connectivity index (χ0) is 22.0. The molecule has 1 fully saturated rings. The predicted molar refractivity (Wildman–Crippen MR) is 96.5 cm³/mol. The van der Waals surface area contributed by atoms with Crippen molar-refractivity contribution in [3.05, 3.63) is 0 Å². The molecule has 0 aromatic heterocycles. The maximum absolute atomic E-state index is 11.7. The molecule has 1 unspecified atom stereocenters. The monoisotopic (exact) mass is 418 g/mol. The summed E-state index contributed by atoms with van der Waals surface area (Å²) in [5.74, 6) is -4.14. The fourth-order valence-electron chi connectivity index (χ4n) is 3.08. The number of aliphatic carboxylic acids is 3. The average molecular weight is 418 g/mol. The van der Waals surface area contributed by atoms with Crippen molar-refractivity contribution < 1.29 is 44.4 Å². The van der Waals surface area contributed by atoms with Gasteiger partial charge in [0.05, 0.1) is 13.1 Å². The number of carbonyl (C=O) groups excluding carboxylic acids is 1. The van der Waals surface area contributed by atoms with Gasteiger partial charge in [-0.2, -0.15) is 0 Å². The smallest absolute Gasteiger partial charge is 0.411 e. The van der Waals surface area contributed by atoms with Gasteiger partial charge in [-0.25, -0.2) is 4.79 Å². The second-order valence-corrected chi connectivity index (χ2v) is 6.62.